The number of carbonyl (C=O) groups excluding carboxylic acids is 2. The van der Waals surface area contributed by atoms with E-state index in [1.165, 1.54) is 0 Å². The first kappa shape index (κ1) is 22.3. The summed E-state index contributed by atoms with van der Waals surface area (Å²) in [6.07, 6.45) is 4.29. The van der Waals surface area contributed by atoms with Crippen molar-refractivity contribution in [2.24, 2.45) is 22.7 Å². The molecule has 0 bridgehead atoms. The van der Waals surface area contributed by atoms with E-state index in [1.54, 1.807) is 0 Å². The van der Waals surface area contributed by atoms with Gasteiger partial charge in [0.25, 0.3) is 0 Å². The van der Waals surface area contributed by atoms with Gasteiger partial charge in [0.2, 0.25) is 0 Å². The number of allylic oxidation sites excluding steroid dienone is 2. The molecular weight excluding hydrogens is 396 g/mol. The van der Waals surface area contributed by atoms with Gasteiger partial charge >= 0.3 is 11.9 Å². The number of cyclic esters (lactones) is 1. The van der Waals surface area contributed by atoms with Gasteiger partial charge in [0.05, 0.1) is 18.3 Å². The lowest BCUT2D eigenvalue weighted by molar-refractivity contribution is -0.151. The summed E-state index contributed by atoms with van der Waals surface area (Å²) in [7, 11) is 0. The molecule has 2 saturated carbocycles. The summed E-state index contributed by atoms with van der Waals surface area (Å²) in [4.78, 5) is 23.7. The number of hydrogen-bond acceptors (Lipinski definition) is 6. The first-order valence-electron chi connectivity index (χ1n) is 10.3. The summed E-state index contributed by atoms with van der Waals surface area (Å²) in [5.41, 5.74) is 0.776. The Morgan fingerprint density at radius 3 is 2.79 bits per heavy atom. The lowest BCUT2D eigenvalue weighted by Gasteiger charge is -2.59. The van der Waals surface area contributed by atoms with Gasteiger partial charge in [0.1, 0.15) is 12.5 Å². The van der Waals surface area contributed by atoms with Crippen LogP contribution in [0.25, 0.3) is 0 Å². The SMILES string of the molecule is C=C1CCC2[C@](C)(CO)[C@H](O)CC[C@@]2(C)[C@@H]1C/C=C1\C(=O)OCC1OC(=O)CCl. The summed E-state index contributed by atoms with van der Waals surface area (Å²) in [5, 5.41) is 20.7. The van der Waals surface area contributed by atoms with Crippen molar-refractivity contribution in [1.82, 2.24) is 0 Å². The number of rotatable bonds is 5. The van der Waals surface area contributed by atoms with Crippen molar-refractivity contribution in [3.8, 4) is 0 Å². The van der Waals surface area contributed by atoms with E-state index in [4.69, 9.17) is 21.1 Å². The Hall–Kier alpha value is -1.37. The van der Waals surface area contributed by atoms with Gasteiger partial charge in [-0.15, -0.1) is 11.6 Å². The van der Waals surface area contributed by atoms with Crippen molar-refractivity contribution in [3.63, 3.8) is 0 Å². The number of aliphatic hydroxyl groups is 2. The molecule has 2 unspecified atom stereocenters. The highest BCUT2D eigenvalue weighted by atomic mass is 35.5. The summed E-state index contributed by atoms with van der Waals surface area (Å²) in [6, 6.07) is 0. The minimum Gasteiger partial charge on any atom is -0.458 e. The van der Waals surface area contributed by atoms with Crippen LogP contribution in [0.4, 0.5) is 0 Å². The van der Waals surface area contributed by atoms with Crippen LogP contribution in [0.2, 0.25) is 0 Å². The molecule has 1 heterocycles. The highest BCUT2D eigenvalue weighted by Gasteiger charge is 2.57. The summed E-state index contributed by atoms with van der Waals surface area (Å²) >= 11 is 5.51. The minimum atomic E-state index is -0.731. The zero-order valence-electron chi connectivity index (χ0n) is 17.2. The van der Waals surface area contributed by atoms with Gasteiger partial charge in [-0.25, -0.2) is 4.79 Å². The first-order chi connectivity index (χ1) is 13.7. The van der Waals surface area contributed by atoms with Gasteiger partial charge in [0.15, 0.2) is 6.10 Å². The van der Waals surface area contributed by atoms with Gasteiger partial charge in [-0.05, 0) is 49.4 Å². The number of fused-ring (bicyclic) bond motifs is 1. The molecule has 6 nitrogen and oxygen atoms in total. The van der Waals surface area contributed by atoms with Crippen LogP contribution in [-0.4, -0.2) is 53.5 Å². The van der Waals surface area contributed by atoms with Crippen molar-refractivity contribution in [1.29, 1.82) is 0 Å². The molecule has 0 aromatic rings. The molecule has 3 fully saturated rings. The summed E-state index contributed by atoms with van der Waals surface area (Å²) in [5.74, 6) is -1.09. The Bertz CT molecular complexity index is 718. The molecule has 6 atom stereocenters. The van der Waals surface area contributed by atoms with Crippen LogP contribution in [0.5, 0.6) is 0 Å². The maximum absolute atomic E-state index is 12.2. The molecule has 29 heavy (non-hydrogen) atoms. The third-order valence-electron chi connectivity index (χ3n) is 7.60. The Balaban J connectivity index is 1.85. The Kier molecular flexibility index (Phi) is 6.47. The largest absolute Gasteiger partial charge is 0.458 e. The highest BCUT2D eigenvalue weighted by molar-refractivity contribution is 6.26. The van der Waals surface area contributed by atoms with Crippen molar-refractivity contribution in [2.75, 3.05) is 19.1 Å². The van der Waals surface area contributed by atoms with Crippen molar-refractivity contribution < 1.29 is 29.3 Å². The fraction of sp³-hybridized carbons (Fsp3) is 0.727. The maximum Gasteiger partial charge on any atom is 0.337 e. The molecule has 3 rings (SSSR count). The quantitative estimate of drug-likeness (QED) is 0.304. The molecule has 0 aromatic heterocycles. The Morgan fingerprint density at radius 2 is 2.14 bits per heavy atom. The van der Waals surface area contributed by atoms with Crippen LogP contribution < -0.4 is 0 Å². The van der Waals surface area contributed by atoms with Crippen molar-refractivity contribution in [2.45, 2.75) is 58.2 Å². The van der Waals surface area contributed by atoms with Crippen LogP contribution in [0.15, 0.2) is 23.8 Å². The second kappa shape index (κ2) is 8.40. The van der Waals surface area contributed by atoms with E-state index in [0.717, 1.165) is 24.8 Å². The minimum absolute atomic E-state index is 0.00752. The molecule has 2 aliphatic carbocycles. The Morgan fingerprint density at radius 1 is 1.41 bits per heavy atom. The average molecular weight is 427 g/mol. The summed E-state index contributed by atoms with van der Waals surface area (Å²) < 4.78 is 10.3. The number of esters is 2. The van der Waals surface area contributed by atoms with Crippen LogP contribution >= 0.6 is 11.6 Å². The third kappa shape index (κ3) is 3.87. The van der Waals surface area contributed by atoms with Gasteiger partial charge in [0, 0.05) is 5.41 Å². The predicted octanol–water partition coefficient (Wildman–Crippen LogP) is 2.75. The number of carbonyl (C=O) groups is 2. The van der Waals surface area contributed by atoms with Gasteiger partial charge < -0.3 is 19.7 Å². The smallest absolute Gasteiger partial charge is 0.337 e. The average Bonchev–Trinajstić information content (AvgIpc) is 3.03. The molecule has 0 radical (unpaired) electrons. The molecular formula is C22H31ClO6. The second-order valence-electron chi connectivity index (χ2n) is 9.13. The highest BCUT2D eigenvalue weighted by Crippen LogP contribution is 2.61. The van der Waals surface area contributed by atoms with E-state index in [1.807, 2.05) is 13.0 Å². The molecule has 1 aliphatic heterocycles. The molecule has 7 heteroatoms. The van der Waals surface area contributed by atoms with Gasteiger partial charge in [-0.1, -0.05) is 32.1 Å². The normalized spacial score (nSPS) is 41.2. The second-order valence-corrected chi connectivity index (χ2v) is 9.40. The van der Waals surface area contributed by atoms with Crippen LogP contribution in [-0.2, 0) is 19.1 Å². The van der Waals surface area contributed by atoms with Gasteiger partial charge in [-0.2, -0.15) is 0 Å². The number of alkyl halides is 1. The standard InChI is InChI=1S/C22H31ClO6/c1-13-4-7-17-21(2,9-8-18(25)22(17,3)12-24)15(13)6-5-14-16(11-28-20(14)27)29-19(26)10-23/h5,15-18,24-25H,1,4,6-12H2,2-3H3/b14-5-/t15-,16?,17?,18-,21+,22+/m1/s1. The van der Waals surface area contributed by atoms with E-state index in [0.29, 0.717) is 18.4 Å². The Labute approximate surface area is 176 Å². The van der Waals surface area contributed by atoms with Crippen LogP contribution in [0.3, 0.4) is 0 Å². The number of halogens is 1. The van der Waals surface area contributed by atoms with Crippen LogP contribution in [0, 0.1) is 22.7 Å². The topological polar surface area (TPSA) is 93.1 Å². The molecule has 3 aliphatic rings. The lowest BCUT2D eigenvalue weighted by Crippen LogP contribution is -2.57. The molecule has 2 N–H and O–H groups in total. The van der Waals surface area contributed by atoms with E-state index < -0.39 is 29.6 Å². The third-order valence-corrected chi connectivity index (χ3v) is 7.82. The molecule has 1 saturated heterocycles. The molecule has 0 aromatic carbocycles. The van der Waals surface area contributed by atoms with E-state index in [2.05, 4.69) is 13.5 Å². The molecule has 0 spiro atoms. The fourth-order valence-electron chi connectivity index (χ4n) is 5.84. The predicted molar refractivity (Wildman–Crippen MR) is 108 cm³/mol. The van der Waals surface area contributed by atoms with Crippen molar-refractivity contribution in [3.05, 3.63) is 23.8 Å². The lowest BCUT2D eigenvalue weighted by atomic mass is 9.46. The molecule has 0 amide bonds. The van der Waals surface area contributed by atoms with E-state index in [9.17, 15) is 19.8 Å². The summed E-state index contributed by atoms with van der Waals surface area (Å²) in [6.45, 7) is 8.43. The number of aliphatic hydroxyl groups excluding tert-OH is 2. The maximum atomic E-state index is 12.2. The zero-order chi connectivity index (χ0) is 21.4. The monoisotopic (exact) mass is 426 g/mol. The van der Waals surface area contributed by atoms with E-state index in [-0.39, 0.29) is 36.3 Å². The molecule has 162 valence electrons. The number of hydrogen-bond donors (Lipinski definition) is 2. The van der Waals surface area contributed by atoms with Crippen molar-refractivity contribution >= 4 is 23.5 Å². The zero-order valence-corrected chi connectivity index (χ0v) is 17.9. The van der Waals surface area contributed by atoms with Gasteiger partial charge in [-0.3, -0.25) is 4.79 Å². The fourth-order valence-corrected chi connectivity index (χ4v) is 5.90. The van der Waals surface area contributed by atoms with Crippen LogP contribution in [0.1, 0.15) is 46.0 Å². The first-order valence-corrected chi connectivity index (χ1v) is 10.8. The number of ether oxygens (including phenoxy) is 2. The van der Waals surface area contributed by atoms with E-state index >= 15 is 0 Å².